The summed E-state index contributed by atoms with van der Waals surface area (Å²) in [7, 11) is -8.62. The molecule has 0 aliphatic carbocycles. The smallest absolute Gasteiger partial charge is 0.388 e. The van der Waals surface area contributed by atoms with Gasteiger partial charge in [0.2, 0.25) is 8.32 Å². The first-order chi connectivity index (χ1) is 9.83. The summed E-state index contributed by atoms with van der Waals surface area (Å²) in [5.41, 5.74) is 0. The molecule has 0 aromatic carbocycles. The van der Waals surface area contributed by atoms with E-state index in [0.29, 0.717) is 0 Å². The molecular weight excluding hydrogens is 373 g/mol. The Morgan fingerprint density at radius 2 is 1.17 bits per heavy atom. The van der Waals surface area contributed by atoms with Gasteiger partial charge in [0.15, 0.2) is 16.6 Å². The summed E-state index contributed by atoms with van der Waals surface area (Å²) in [6.45, 7) is 18.1. The van der Waals surface area contributed by atoms with E-state index in [9.17, 15) is 13.2 Å². The van der Waals surface area contributed by atoms with Crippen LogP contribution in [-0.2, 0) is 12.7 Å². The van der Waals surface area contributed by atoms with Crippen molar-refractivity contribution in [2.45, 2.75) is 77.6 Å². The highest BCUT2D eigenvalue weighted by Crippen LogP contribution is 2.29. The summed E-state index contributed by atoms with van der Waals surface area (Å²) in [6, 6.07) is 0.0399. The summed E-state index contributed by atoms with van der Waals surface area (Å²) in [5.74, 6) is 0. The lowest BCUT2D eigenvalue weighted by atomic mass is 10.5. The van der Waals surface area contributed by atoms with Gasteiger partial charge in [-0.3, -0.25) is 0 Å². The van der Waals surface area contributed by atoms with Crippen molar-refractivity contribution in [1.82, 2.24) is 0 Å². The van der Waals surface area contributed by atoms with Crippen LogP contribution in [0.3, 0.4) is 0 Å². The van der Waals surface area contributed by atoms with Gasteiger partial charge in [-0.1, -0.05) is 0 Å². The average Bonchev–Trinajstić information content (AvgIpc) is 2.17. The molecule has 0 saturated carbocycles. The Kier molecular flexibility index (Phi) is 8.01. The Labute approximate surface area is 143 Å². The number of alkyl halides is 3. The van der Waals surface area contributed by atoms with Crippen molar-refractivity contribution in [3.8, 4) is 0 Å². The van der Waals surface area contributed by atoms with Crippen molar-refractivity contribution in [2.75, 3.05) is 6.23 Å². The van der Waals surface area contributed by atoms with Crippen molar-refractivity contribution in [3.63, 3.8) is 0 Å². The molecule has 0 heterocycles. The molecule has 10 heteroatoms. The first-order valence-electron chi connectivity index (χ1n) is 7.94. The van der Waals surface area contributed by atoms with E-state index in [0.717, 1.165) is 0 Å². The highest BCUT2D eigenvalue weighted by atomic mass is 28.4. The van der Waals surface area contributed by atoms with Crippen LogP contribution in [0.15, 0.2) is 0 Å². The van der Waals surface area contributed by atoms with Gasteiger partial charge in [0.1, 0.15) is 0 Å². The highest BCUT2D eigenvalue weighted by molar-refractivity contribution is 6.86. The standard InChI is InChI=1S/C13H33F3O3Si4/c1-20(2,3)18-22(7,8)17-12-23(9,19-21(4,5)6)11-10-13(14,15)16/h10-12H2,1-9H3. The SMILES string of the molecule is C[Si](C)(C)O[Si](C)(CCC(F)(F)F)CO[Si](C)(C)O[Si](C)(C)C. The second-order valence-electron chi connectivity index (χ2n) is 8.68. The van der Waals surface area contributed by atoms with E-state index in [-0.39, 0.29) is 12.3 Å². The van der Waals surface area contributed by atoms with Crippen molar-refractivity contribution in [3.05, 3.63) is 0 Å². The Bertz CT molecular complexity index is 378. The van der Waals surface area contributed by atoms with Crippen molar-refractivity contribution < 1.29 is 25.8 Å². The van der Waals surface area contributed by atoms with Gasteiger partial charge in [-0.2, -0.15) is 13.2 Å². The number of rotatable bonds is 9. The fourth-order valence-electron chi connectivity index (χ4n) is 2.39. The van der Waals surface area contributed by atoms with Gasteiger partial charge < -0.3 is 12.7 Å². The van der Waals surface area contributed by atoms with Gasteiger partial charge in [0, 0.05) is 6.42 Å². The van der Waals surface area contributed by atoms with E-state index in [1.807, 2.05) is 39.3 Å². The molecule has 0 amide bonds. The van der Waals surface area contributed by atoms with Crippen LogP contribution in [-0.4, -0.2) is 45.9 Å². The van der Waals surface area contributed by atoms with Gasteiger partial charge >= 0.3 is 14.7 Å². The molecule has 0 aromatic heterocycles. The predicted octanol–water partition coefficient (Wildman–Crippen LogP) is 5.47. The van der Waals surface area contributed by atoms with E-state index < -0.39 is 46.1 Å². The van der Waals surface area contributed by atoms with Gasteiger partial charge in [-0.15, -0.1) is 0 Å². The molecule has 0 N–H and O–H groups in total. The predicted molar refractivity (Wildman–Crippen MR) is 99.4 cm³/mol. The monoisotopic (exact) mass is 406 g/mol. The van der Waals surface area contributed by atoms with Crippen LogP contribution in [0.1, 0.15) is 6.42 Å². The molecule has 140 valence electrons. The average molecular weight is 407 g/mol. The van der Waals surface area contributed by atoms with Crippen molar-refractivity contribution in [2.24, 2.45) is 0 Å². The van der Waals surface area contributed by atoms with Crippen LogP contribution in [0.25, 0.3) is 0 Å². The van der Waals surface area contributed by atoms with Crippen molar-refractivity contribution >= 4 is 33.5 Å². The number of hydrogen-bond acceptors (Lipinski definition) is 3. The molecular formula is C13H33F3O3Si4. The summed E-state index contributed by atoms with van der Waals surface area (Å²) in [6.07, 6.45) is -4.68. The summed E-state index contributed by atoms with van der Waals surface area (Å²) in [5, 5.41) is 0. The zero-order valence-electron chi connectivity index (χ0n) is 16.0. The Balaban J connectivity index is 4.95. The minimum absolute atomic E-state index is 0.0399. The number of halogens is 3. The largest absolute Gasteiger partial charge is 0.454 e. The normalized spacial score (nSPS) is 17.2. The maximum Gasteiger partial charge on any atom is 0.388 e. The maximum absolute atomic E-state index is 12.6. The van der Waals surface area contributed by atoms with Crippen LogP contribution < -0.4 is 0 Å². The molecule has 0 fully saturated rings. The van der Waals surface area contributed by atoms with E-state index in [2.05, 4.69) is 19.6 Å². The third kappa shape index (κ3) is 13.5. The molecule has 0 rings (SSSR count). The Hall–Kier alpha value is 0.538. The van der Waals surface area contributed by atoms with Crippen LogP contribution in [0.4, 0.5) is 13.2 Å². The topological polar surface area (TPSA) is 27.7 Å². The third-order valence-corrected chi connectivity index (χ3v) is 14.8. The second-order valence-corrected chi connectivity index (χ2v) is 25.5. The maximum atomic E-state index is 12.6. The lowest BCUT2D eigenvalue weighted by Crippen LogP contribution is -2.53. The number of hydrogen-bond donors (Lipinski definition) is 0. The molecule has 23 heavy (non-hydrogen) atoms. The zero-order chi connectivity index (χ0) is 18.7. The minimum atomic E-state index is -4.15. The fourth-order valence-corrected chi connectivity index (χ4v) is 18.7. The van der Waals surface area contributed by atoms with Gasteiger partial charge in [0.25, 0.3) is 0 Å². The summed E-state index contributed by atoms with van der Waals surface area (Å²) in [4.78, 5) is 0. The zero-order valence-corrected chi connectivity index (χ0v) is 20.0. The molecule has 0 aliphatic heterocycles. The molecule has 0 aromatic rings. The van der Waals surface area contributed by atoms with E-state index in [1.54, 1.807) is 0 Å². The molecule has 0 aliphatic rings. The van der Waals surface area contributed by atoms with Gasteiger partial charge in [0.05, 0.1) is 6.23 Å². The van der Waals surface area contributed by atoms with Crippen LogP contribution >= 0.6 is 0 Å². The minimum Gasteiger partial charge on any atom is -0.454 e. The van der Waals surface area contributed by atoms with E-state index >= 15 is 0 Å². The summed E-state index contributed by atoms with van der Waals surface area (Å²) < 4.78 is 56.2. The molecule has 0 spiro atoms. The molecule has 3 nitrogen and oxygen atoms in total. The second kappa shape index (κ2) is 7.83. The first-order valence-corrected chi connectivity index (χ1v) is 20.4. The summed E-state index contributed by atoms with van der Waals surface area (Å²) >= 11 is 0. The molecule has 1 unspecified atom stereocenters. The van der Waals surface area contributed by atoms with Gasteiger partial charge in [-0.25, -0.2) is 0 Å². The molecule has 1 atom stereocenters. The Morgan fingerprint density at radius 1 is 0.739 bits per heavy atom. The van der Waals surface area contributed by atoms with Crippen LogP contribution in [0, 0.1) is 0 Å². The molecule has 0 saturated heterocycles. The fraction of sp³-hybridized carbons (Fsp3) is 1.00. The quantitative estimate of drug-likeness (QED) is 0.475. The lowest BCUT2D eigenvalue weighted by molar-refractivity contribution is -0.131. The van der Waals surface area contributed by atoms with E-state index in [4.69, 9.17) is 12.7 Å². The van der Waals surface area contributed by atoms with Gasteiger partial charge in [-0.05, 0) is 65.0 Å². The van der Waals surface area contributed by atoms with Crippen molar-refractivity contribution in [1.29, 1.82) is 0 Å². The Morgan fingerprint density at radius 3 is 1.52 bits per heavy atom. The molecule has 0 radical (unpaired) electrons. The van der Waals surface area contributed by atoms with Crippen LogP contribution in [0.5, 0.6) is 0 Å². The third-order valence-electron chi connectivity index (χ3n) is 2.77. The van der Waals surface area contributed by atoms with Crippen LogP contribution in [0.2, 0.25) is 65.0 Å². The van der Waals surface area contributed by atoms with E-state index in [1.165, 1.54) is 0 Å². The first kappa shape index (κ1) is 23.5. The molecule has 0 bridgehead atoms. The lowest BCUT2D eigenvalue weighted by Gasteiger charge is -2.38. The highest BCUT2D eigenvalue weighted by Gasteiger charge is 2.41.